The topological polar surface area (TPSA) is 141 Å². The summed E-state index contributed by atoms with van der Waals surface area (Å²) in [5.74, 6) is -2.22. The first kappa shape index (κ1) is 31.5. The molecule has 0 aromatic heterocycles. The van der Waals surface area contributed by atoms with Crippen LogP contribution in [0.4, 0.5) is 0 Å². The van der Waals surface area contributed by atoms with E-state index in [2.05, 4.69) is 6.92 Å². The molecule has 0 aliphatic heterocycles. The maximum Gasteiger partial charge on any atom is 0.280 e. The van der Waals surface area contributed by atoms with Crippen molar-refractivity contribution in [3.63, 3.8) is 0 Å². The number of rotatable bonds is 15. The molecule has 0 aliphatic carbocycles. The molecule has 144 valence electrons. The van der Waals surface area contributed by atoms with Gasteiger partial charge in [0.1, 0.15) is 0 Å². The summed E-state index contributed by atoms with van der Waals surface area (Å²) < 4.78 is 30.2. The maximum atomic E-state index is 11.6. The molecule has 5 N–H and O–H groups in total. The molecule has 0 aromatic carbocycles. The van der Waals surface area contributed by atoms with E-state index < -0.39 is 33.1 Å². The second-order valence-corrected chi connectivity index (χ2v) is 8.14. The van der Waals surface area contributed by atoms with E-state index in [1.54, 1.807) is 0 Å². The predicted octanol–water partition coefficient (Wildman–Crippen LogP) is 1.52. The Kier molecular flexibility index (Phi) is 20.3. The number of amides is 2. The third-order valence-corrected chi connectivity index (χ3v) is 5.87. The summed E-state index contributed by atoms with van der Waals surface area (Å²) in [6, 6.07) is 0. The van der Waals surface area contributed by atoms with Crippen LogP contribution < -0.4 is 11.5 Å². The van der Waals surface area contributed by atoms with Crippen LogP contribution in [0.25, 0.3) is 0 Å². The molecular weight excluding hydrogens is 378 g/mol. The minimum absolute atomic E-state index is 0. The summed E-state index contributed by atoms with van der Waals surface area (Å²) in [7, 11) is -4.81. The fraction of sp³-hybridized carbons (Fsp3) is 0.875. The van der Waals surface area contributed by atoms with Crippen molar-refractivity contribution in [1.29, 1.82) is 0 Å². The van der Waals surface area contributed by atoms with Crippen molar-refractivity contribution < 1.29 is 22.6 Å². The first-order valence-corrected chi connectivity index (χ1v) is 10.2. The van der Waals surface area contributed by atoms with Gasteiger partial charge in [0.15, 0.2) is 4.75 Å². The fourth-order valence-electron chi connectivity index (χ4n) is 2.83. The molecule has 26 heavy (non-hydrogen) atoms. The van der Waals surface area contributed by atoms with Crippen LogP contribution in [0.3, 0.4) is 0 Å². The summed E-state index contributed by atoms with van der Waals surface area (Å²) in [6.45, 7) is 2.18. The Labute approximate surface area is 202 Å². The molecule has 1 unspecified atom stereocenters. The first-order valence-electron chi connectivity index (χ1n) is 8.72. The Hall–Kier alpha value is 0.850. The largest absolute Gasteiger partial charge is 0.370 e. The van der Waals surface area contributed by atoms with Crippen LogP contribution in [0.15, 0.2) is 0 Å². The monoisotopic (exact) mass is 410 g/mol. The Morgan fingerprint density at radius 2 is 1.23 bits per heavy atom. The molecule has 0 fully saturated rings. The molecule has 0 aromatic rings. The maximum absolute atomic E-state index is 11.6. The summed E-state index contributed by atoms with van der Waals surface area (Å²) in [4.78, 5) is 22.7. The molecule has 10 heteroatoms. The van der Waals surface area contributed by atoms with Gasteiger partial charge in [-0.1, -0.05) is 71.1 Å². The summed E-state index contributed by atoms with van der Waals surface area (Å²) in [5, 5.41) is 0. The Morgan fingerprint density at radius 3 is 1.54 bits per heavy atom. The molecule has 2 amide bonds. The van der Waals surface area contributed by atoms with Crippen molar-refractivity contribution in [2.45, 2.75) is 88.7 Å². The van der Waals surface area contributed by atoms with Crippen molar-refractivity contribution in [3.05, 3.63) is 0 Å². The normalized spacial score (nSPS) is 13.2. The quantitative estimate of drug-likeness (QED) is 0.213. The second kappa shape index (κ2) is 16.8. The first-order chi connectivity index (χ1) is 11.2. The number of primary amides is 2. The number of nitrogens with two attached hydrogens (primary N) is 2. The third kappa shape index (κ3) is 12.3. The fourth-order valence-corrected chi connectivity index (χ4v) is 3.81. The van der Waals surface area contributed by atoms with E-state index in [9.17, 15) is 22.6 Å². The van der Waals surface area contributed by atoms with Crippen LogP contribution in [-0.4, -0.2) is 88.6 Å². The molecule has 0 saturated carbocycles. The number of carbonyl (C=O) groups is 2. The van der Waals surface area contributed by atoms with Crippen LogP contribution in [-0.2, 0) is 19.7 Å². The van der Waals surface area contributed by atoms with Crippen LogP contribution >= 0.6 is 0 Å². The zero-order valence-electron chi connectivity index (χ0n) is 16.6. The van der Waals surface area contributed by atoms with Gasteiger partial charge in [-0.3, -0.25) is 14.1 Å². The van der Waals surface area contributed by atoms with Crippen molar-refractivity contribution in [1.82, 2.24) is 0 Å². The summed E-state index contributed by atoms with van der Waals surface area (Å²) in [6.07, 6.45) is 9.36. The predicted molar refractivity (Wildman–Crippen MR) is 105 cm³/mol. The Bertz CT molecular complexity index is 503. The molecule has 1 atom stereocenters. The van der Waals surface area contributed by atoms with Crippen molar-refractivity contribution in [2.75, 3.05) is 0 Å². The smallest absolute Gasteiger partial charge is 0.280 e. The molecule has 0 saturated heterocycles. The van der Waals surface area contributed by atoms with Crippen LogP contribution in [0.2, 0.25) is 0 Å². The van der Waals surface area contributed by atoms with Gasteiger partial charge in [0.05, 0.1) is 6.42 Å². The summed E-state index contributed by atoms with van der Waals surface area (Å²) in [5.41, 5.74) is 10.2. The van der Waals surface area contributed by atoms with E-state index >= 15 is 0 Å². The van der Waals surface area contributed by atoms with E-state index in [1.165, 1.54) is 32.1 Å². The average molecular weight is 410 g/mol. The van der Waals surface area contributed by atoms with Gasteiger partial charge in [-0.25, -0.2) is 0 Å². The molecule has 0 aliphatic rings. The van der Waals surface area contributed by atoms with Gasteiger partial charge < -0.3 is 11.5 Å². The standard InChI is InChI=1S/C16H32N2O5S.2Na/c1-2-3-4-5-6-7-8-9-10-11-12-16(15(18)20,13-14(17)19)24(21,22)23;;/h2-13H2,1H3,(H2,17,19)(H2,18,20)(H,21,22,23);;. The van der Waals surface area contributed by atoms with Gasteiger partial charge in [-0.15, -0.1) is 0 Å². The number of unbranched alkanes of at least 4 members (excludes halogenated alkanes) is 9. The minimum Gasteiger partial charge on any atom is -0.370 e. The second-order valence-electron chi connectivity index (χ2n) is 6.41. The van der Waals surface area contributed by atoms with E-state index in [1.807, 2.05) is 0 Å². The average Bonchev–Trinajstić information content (AvgIpc) is 2.46. The number of hydrogen-bond donors (Lipinski definition) is 3. The molecule has 7 nitrogen and oxygen atoms in total. The van der Waals surface area contributed by atoms with Gasteiger partial charge >= 0.3 is 0 Å². The molecular formula is C16H32N2Na2O5S. The zero-order chi connectivity index (χ0) is 18.6. The van der Waals surface area contributed by atoms with Gasteiger partial charge in [0.2, 0.25) is 11.8 Å². The SMILES string of the molecule is CCCCCCCCCCCCC(CC(N)=O)(C(N)=O)S(=O)(=O)O.[Na].[Na]. The van der Waals surface area contributed by atoms with Gasteiger partial charge in [-0.2, -0.15) is 8.42 Å². The van der Waals surface area contributed by atoms with E-state index in [4.69, 9.17) is 11.5 Å². The van der Waals surface area contributed by atoms with Crippen LogP contribution in [0.5, 0.6) is 0 Å². The van der Waals surface area contributed by atoms with Crippen molar-refractivity contribution in [2.24, 2.45) is 11.5 Å². The van der Waals surface area contributed by atoms with E-state index in [0.29, 0.717) is 12.8 Å². The minimum atomic E-state index is -4.81. The van der Waals surface area contributed by atoms with Gasteiger partial charge in [0.25, 0.3) is 10.1 Å². The van der Waals surface area contributed by atoms with E-state index in [-0.39, 0.29) is 65.5 Å². The van der Waals surface area contributed by atoms with Gasteiger partial charge in [0, 0.05) is 59.1 Å². The zero-order valence-corrected chi connectivity index (χ0v) is 21.4. The molecule has 0 bridgehead atoms. The Morgan fingerprint density at radius 1 is 0.846 bits per heavy atom. The van der Waals surface area contributed by atoms with Crippen molar-refractivity contribution in [3.8, 4) is 0 Å². The summed E-state index contributed by atoms with van der Waals surface area (Å²) >= 11 is 0. The third-order valence-electron chi connectivity index (χ3n) is 4.34. The Balaban J connectivity index is -0.00000264. The van der Waals surface area contributed by atoms with E-state index in [0.717, 1.165) is 19.3 Å². The van der Waals surface area contributed by atoms with Crippen molar-refractivity contribution >= 4 is 81.0 Å². The van der Waals surface area contributed by atoms with Crippen LogP contribution in [0, 0.1) is 0 Å². The number of carbonyl (C=O) groups excluding carboxylic acids is 2. The molecule has 0 rings (SSSR count). The van der Waals surface area contributed by atoms with Gasteiger partial charge in [-0.05, 0) is 6.42 Å². The molecule has 2 radical (unpaired) electrons. The van der Waals surface area contributed by atoms with Crippen LogP contribution in [0.1, 0.15) is 84.0 Å². The number of hydrogen-bond acceptors (Lipinski definition) is 4. The molecule has 0 spiro atoms. The molecule has 0 heterocycles.